The van der Waals surface area contributed by atoms with Crippen molar-refractivity contribution in [3.8, 4) is 17.6 Å². The van der Waals surface area contributed by atoms with Crippen molar-refractivity contribution in [2.75, 3.05) is 18.1 Å². The van der Waals surface area contributed by atoms with E-state index >= 15 is 0 Å². The SMILES string of the molecule is COc1ccc(C#Cc2ccccc2)c(NS(C)(=O)=O)c1. The van der Waals surface area contributed by atoms with Crippen molar-refractivity contribution < 1.29 is 13.2 Å². The molecule has 0 aromatic heterocycles. The van der Waals surface area contributed by atoms with Crippen LogP contribution in [0, 0.1) is 11.8 Å². The third kappa shape index (κ3) is 4.55. The summed E-state index contributed by atoms with van der Waals surface area (Å²) in [6.45, 7) is 0. The van der Waals surface area contributed by atoms with Gasteiger partial charge in [-0.15, -0.1) is 0 Å². The molecule has 0 aliphatic rings. The van der Waals surface area contributed by atoms with Crippen LogP contribution >= 0.6 is 0 Å². The minimum Gasteiger partial charge on any atom is -0.497 e. The van der Waals surface area contributed by atoms with E-state index in [-0.39, 0.29) is 0 Å². The maximum atomic E-state index is 11.4. The van der Waals surface area contributed by atoms with Gasteiger partial charge in [0.25, 0.3) is 0 Å². The number of hydrogen-bond acceptors (Lipinski definition) is 3. The standard InChI is InChI=1S/C16H15NO3S/c1-20-15-11-10-14(16(12-15)17-21(2,18)19)9-8-13-6-4-3-5-7-13/h3-7,10-12,17H,1-2H3. The third-order valence-electron chi connectivity index (χ3n) is 2.64. The van der Waals surface area contributed by atoms with E-state index in [1.165, 1.54) is 7.11 Å². The number of rotatable bonds is 3. The van der Waals surface area contributed by atoms with Gasteiger partial charge in [-0.25, -0.2) is 8.42 Å². The van der Waals surface area contributed by atoms with Crippen molar-refractivity contribution in [3.05, 3.63) is 59.7 Å². The molecule has 0 saturated heterocycles. The summed E-state index contributed by atoms with van der Waals surface area (Å²) >= 11 is 0. The number of hydrogen-bond donors (Lipinski definition) is 1. The topological polar surface area (TPSA) is 55.4 Å². The predicted molar refractivity (Wildman–Crippen MR) is 83.9 cm³/mol. The maximum Gasteiger partial charge on any atom is 0.229 e. The van der Waals surface area contributed by atoms with Crippen molar-refractivity contribution in [3.63, 3.8) is 0 Å². The van der Waals surface area contributed by atoms with Crippen LogP contribution in [0.1, 0.15) is 11.1 Å². The van der Waals surface area contributed by atoms with Gasteiger partial charge >= 0.3 is 0 Å². The van der Waals surface area contributed by atoms with Crippen LogP contribution in [0.3, 0.4) is 0 Å². The summed E-state index contributed by atoms with van der Waals surface area (Å²) in [4.78, 5) is 0. The minimum absolute atomic E-state index is 0.403. The Labute approximate surface area is 124 Å². The van der Waals surface area contributed by atoms with E-state index in [1.54, 1.807) is 18.2 Å². The molecule has 0 heterocycles. The highest BCUT2D eigenvalue weighted by molar-refractivity contribution is 7.92. The second kappa shape index (κ2) is 6.33. The number of sulfonamides is 1. The molecule has 4 nitrogen and oxygen atoms in total. The van der Waals surface area contributed by atoms with E-state index in [4.69, 9.17) is 4.74 Å². The number of methoxy groups -OCH3 is 1. The minimum atomic E-state index is -3.38. The van der Waals surface area contributed by atoms with Gasteiger partial charge in [0, 0.05) is 17.2 Å². The Bertz CT molecular complexity index is 787. The lowest BCUT2D eigenvalue weighted by molar-refractivity contribution is 0.415. The second-order valence-corrected chi connectivity index (χ2v) is 6.15. The van der Waals surface area contributed by atoms with Gasteiger partial charge in [-0.3, -0.25) is 4.72 Å². The molecular formula is C16H15NO3S. The van der Waals surface area contributed by atoms with E-state index in [2.05, 4.69) is 16.6 Å². The van der Waals surface area contributed by atoms with Gasteiger partial charge in [-0.1, -0.05) is 30.0 Å². The van der Waals surface area contributed by atoms with Crippen LogP contribution in [0.5, 0.6) is 5.75 Å². The van der Waals surface area contributed by atoms with Crippen LogP contribution in [0.4, 0.5) is 5.69 Å². The lowest BCUT2D eigenvalue weighted by Crippen LogP contribution is -2.10. The summed E-state index contributed by atoms with van der Waals surface area (Å²) in [5.41, 5.74) is 1.85. The van der Waals surface area contributed by atoms with Gasteiger partial charge in [0.15, 0.2) is 0 Å². The fraction of sp³-hybridized carbons (Fsp3) is 0.125. The summed E-state index contributed by atoms with van der Waals surface area (Å²) in [7, 11) is -1.86. The molecule has 0 spiro atoms. The van der Waals surface area contributed by atoms with Gasteiger partial charge < -0.3 is 4.74 Å². The normalized spacial score (nSPS) is 10.4. The Morgan fingerprint density at radius 3 is 2.38 bits per heavy atom. The molecule has 0 fully saturated rings. The first-order valence-corrected chi connectivity index (χ1v) is 8.10. The molecule has 2 aromatic rings. The van der Waals surface area contributed by atoms with E-state index in [0.29, 0.717) is 17.0 Å². The first-order valence-electron chi connectivity index (χ1n) is 6.21. The fourth-order valence-corrected chi connectivity index (χ4v) is 2.27. The molecule has 0 radical (unpaired) electrons. The van der Waals surface area contributed by atoms with E-state index in [9.17, 15) is 8.42 Å². The molecule has 0 aliphatic carbocycles. The molecule has 0 atom stereocenters. The first kappa shape index (κ1) is 14.9. The van der Waals surface area contributed by atoms with Crippen molar-refractivity contribution in [2.45, 2.75) is 0 Å². The Balaban J connectivity index is 2.41. The van der Waals surface area contributed by atoms with Gasteiger partial charge in [-0.05, 0) is 24.3 Å². The molecule has 2 rings (SSSR count). The van der Waals surface area contributed by atoms with Crippen LogP contribution in [0.15, 0.2) is 48.5 Å². The first-order chi connectivity index (χ1) is 9.98. The molecule has 0 amide bonds. The molecule has 1 N–H and O–H groups in total. The Morgan fingerprint density at radius 1 is 1.05 bits per heavy atom. The highest BCUT2D eigenvalue weighted by atomic mass is 32.2. The highest BCUT2D eigenvalue weighted by Gasteiger charge is 2.07. The number of ether oxygens (including phenoxy) is 1. The summed E-state index contributed by atoms with van der Waals surface area (Å²) < 4.78 is 30.4. The van der Waals surface area contributed by atoms with Crippen LogP contribution in [0.2, 0.25) is 0 Å². The van der Waals surface area contributed by atoms with Gasteiger partial charge in [0.1, 0.15) is 5.75 Å². The fourth-order valence-electron chi connectivity index (χ4n) is 1.70. The second-order valence-electron chi connectivity index (χ2n) is 4.40. The van der Waals surface area contributed by atoms with Crippen LogP contribution in [-0.2, 0) is 10.0 Å². The number of nitrogens with one attached hydrogen (secondary N) is 1. The number of anilines is 1. The Hall–Kier alpha value is -2.45. The molecular weight excluding hydrogens is 286 g/mol. The Morgan fingerprint density at radius 2 is 1.76 bits per heavy atom. The van der Waals surface area contributed by atoms with Crippen molar-refractivity contribution in [1.82, 2.24) is 0 Å². The zero-order chi connectivity index (χ0) is 15.3. The predicted octanol–water partition coefficient (Wildman–Crippen LogP) is 2.47. The quantitative estimate of drug-likeness (QED) is 0.886. The molecule has 0 bridgehead atoms. The molecule has 0 unspecified atom stereocenters. The largest absolute Gasteiger partial charge is 0.497 e. The smallest absolute Gasteiger partial charge is 0.229 e. The van der Waals surface area contributed by atoms with Crippen molar-refractivity contribution >= 4 is 15.7 Å². The molecule has 108 valence electrons. The highest BCUT2D eigenvalue weighted by Crippen LogP contribution is 2.22. The zero-order valence-electron chi connectivity index (χ0n) is 11.8. The zero-order valence-corrected chi connectivity index (χ0v) is 12.6. The average molecular weight is 301 g/mol. The molecule has 21 heavy (non-hydrogen) atoms. The van der Waals surface area contributed by atoms with Gasteiger partial charge in [-0.2, -0.15) is 0 Å². The summed E-state index contributed by atoms with van der Waals surface area (Å²) in [5.74, 6) is 6.53. The van der Waals surface area contributed by atoms with E-state index in [0.717, 1.165) is 11.8 Å². The van der Waals surface area contributed by atoms with Crippen LogP contribution in [0.25, 0.3) is 0 Å². The van der Waals surface area contributed by atoms with Crippen LogP contribution in [-0.4, -0.2) is 21.8 Å². The van der Waals surface area contributed by atoms with E-state index < -0.39 is 10.0 Å². The van der Waals surface area contributed by atoms with Gasteiger partial charge in [0.05, 0.1) is 19.1 Å². The Kier molecular flexibility index (Phi) is 4.51. The molecule has 0 saturated carbocycles. The van der Waals surface area contributed by atoms with Crippen molar-refractivity contribution in [1.29, 1.82) is 0 Å². The van der Waals surface area contributed by atoms with Crippen LogP contribution < -0.4 is 9.46 Å². The van der Waals surface area contributed by atoms with Gasteiger partial charge in [0.2, 0.25) is 10.0 Å². The lowest BCUT2D eigenvalue weighted by Gasteiger charge is -2.08. The lowest BCUT2D eigenvalue weighted by atomic mass is 10.1. The third-order valence-corrected chi connectivity index (χ3v) is 3.23. The summed E-state index contributed by atoms with van der Waals surface area (Å²) in [5, 5.41) is 0. The molecule has 0 aliphatic heterocycles. The average Bonchev–Trinajstić information content (AvgIpc) is 2.45. The number of benzene rings is 2. The summed E-state index contributed by atoms with van der Waals surface area (Å²) in [6.07, 6.45) is 1.10. The monoisotopic (exact) mass is 301 g/mol. The summed E-state index contributed by atoms with van der Waals surface area (Å²) in [6, 6.07) is 14.6. The maximum absolute atomic E-state index is 11.4. The van der Waals surface area contributed by atoms with Crippen molar-refractivity contribution in [2.24, 2.45) is 0 Å². The van der Waals surface area contributed by atoms with E-state index in [1.807, 2.05) is 30.3 Å². The molecule has 2 aromatic carbocycles. The molecule has 5 heteroatoms.